The van der Waals surface area contributed by atoms with Gasteiger partial charge in [0.25, 0.3) is 0 Å². The largest absolute Gasteiger partial charge is 0.379 e. The third-order valence-electron chi connectivity index (χ3n) is 8.25. The number of hydrogen-bond donors (Lipinski definition) is 1. The Bertz CT molecular complexity index is 660. The molecular weight excluding hydrogens is 402 g/mol. The van der Waals surface area contributed by atoms with E-state index < -0.39 is 0 Å². The molecule has 9 atom stereocenters. The number of ether oxygens (including phenoxy) is 2. The standard InChI is InChI=1S/C23H38ClN3O3/c1-13-6-5-7-16-10-17(23(24)25-22(13)16)19-12-18(26-27(19)14(2)28)15-8-9-20(29-3)21(11-15)30-4/h13,15-17,19-23,25H,5-12H2,1-4H3. The van der Waals surface area contributed by atoms with Gasteiger partial charge in [0.2, 0.25) is 5.91 Å². The number of rotatable bonds is 4. The van der Waals surface area contributed by atoms with Gasteiger partial charge in [-0.1, -0.05) is 13.3 Å². The van der Waals surface area contributed by atoms with Crippen LogP contribution in [0.2, 0.25) is 0 Å². The number of alkyl halides is 1. The van der Waals surface area contributed by atoms with Crippen LogP contribution in [-0.4, -0.2) is 60.6 Å². The summed E-state index contributed by atoms with van der Waals surface area (Å²) in [6.45, 7) is 3.97. The van der Waals surface area contributed by atoms with Gasteiger partial charge in [0.1, 0.15) is 0 Å². The number of amides is 1. The maximum atomic E-state index is 12.5. The molecule has 0 aromatic carbocycles. The van der Waals surface area contributed by atoms with Crippen LogP contribution in [-0.2, 0) is 14.3 Å². The summed E-state index contributed by atoms with van der Waals surface area (Å²) in [7, 11) is 3.52. The Morgan fingerprint density at radius 3 is 2.60 bits per heavy atom. The first-order valence-electron chi connectivity index (χ1n) is 11.8. The summed E-state index contributed by atoms with van der Waals surface area (Å²) in [5.74, 6) is 1.93. The second-order valence-corrected chi connectivity index (χ2v) is 10.4. The molecule has 0 radical (unpaired) electrons. The van der Waals surface area contributed by atoms with Gasteiger partial charge in [0.15, 0.2) is 0 Å². The van der Waals surface area contributed by atoms with E-state index in [0.717, 1.165) is 37.8 Å². The van der Waals surface area contributed by atoms with Gasteiger partial charge in [0.05, 0.1) is 23.8 Å². The van der Waals surface area contributed by atoms with E-state index in [2.05, 4.69) is 12.2 Å². The highest BCUT2D eigenvalue weighted by atomic mass is 35.5. The van der Waals surface area contributed by atoms with Crippen LogP contribution >= 0.6 is 11.6 Å². The van der Waals surface area contributed by atoms with Crippen LogP contribution in [0.15, 0.2) is 5.10 Å². The summed E-state index contributed by atoms with van der Waals surface area (Å²) >= 11 is 6.90. The molecule has 9 unspecified atom stereocenters. The first kappa shape index (κ1) is 22.5. The number of nitrogens with one attached hydrogen (secondary N) is 1. The Morgan fingerprint density at radius 1 is 1.13 bits per heavy atom. The lowest BCUT2D eigenvalue weighted by molar-refractivity contribution is -0.132. The summed E-state index contributed by atoms with van der Waals surface area (Å²) in [5, 5.41) is 10.3. The second-order valence-electron chi connectivity index (χ2n) is 9.95. The lowest BCUT2D eigenvalue weighted by atomic mass is 9.69. The third kappa shape index (κ3) is 4.30. The Morgan fingerprint density at radius 2 is 1.90 bits per heavy atom. The average Bonchev–Trinajstić information content (AvgIpc) is 3.19. The highest BCUT2D eigenvalue weighted by Crippen LogP contribution is 2.43. The quantitative estimate of drug-likeness (QED) is 0.535. The zero-order valence-electron chi connectivity index (χ0n) is 18.9. The minimum Gasteiger partial charge on any atom is -0.379 e. The molecule has 2 saturated carbocycles. The number of carbonyl (C=O) groups is 1. The Kier molecular flexibility index (Phi) is 7.08. The topological polar surface area (TPSA) is 63.2 Å². The molecule has 7 heteroatoms. The van der Waals surface area contributed by atoms with Crippen molar-refractivity contribution in [2.45, 2.75) is 95.0 Å². The molecule has 4 rings (SSSR count). The Labute approximate surface area is 186 Å². The monoisotopic (exact) mass is 439 g/mol. The van der Waals surface area contributed by atoms with E-state index >= 15 is 0 Å². The lowest BCUT2D eigenvalue weighted by Gasteiger charge is -2.48. The summed E-state index contributed by atoms with van der Waals surface area (Å²) < 4.78 is 11.3. The molecule has 2 aliphatic carbocycles. The zero-order valence-corrected chi connectivity index (χ0v) is 19.6. The van der Waals surface area contributed by atoms with Gasteiger partial charge in [-0.3, -0.25) is 10.1 Å². The van der Waals surface area contributed by atoms with Gasteiger partial charge in [-0.15, -0.1) is 11.6 Å². The van der Waals surface area contributed by atoms with Crippen LogP contribution in [0, 0.1) is 23.7 Å². The SMILES string of the molecule is COC1CCC(C2=NN(C(C)=O)C(C3CC4CCCC(C)C4NC3Cl)C2)CC1OC. The van der Waals surface area contributed by atoms with Gasteiger partial charge in [-0.2, -0.15) is 5.10 Å². The zero-order chi connectivity index (χ0) is 21.4. The van der Waals surface area contributed by atoms with Crippen molar-refractivity contribution >= 4 is 23.2 Å². The number of piperidine rings is 1. The Hall–Kier alpha value is -0.690. The fraction of sp³-hybridized carbons (Fsp3) is 0.913. The summed E-state index contributed by atoms with van der Waals surface area (Å²) in [5.41, 5.74) is 1.04. The van der Waals surface area contributed by atoms with Gasteiger partial charge < -0.3 is 9.47 Å². The van der Waals surface area contributed by atoms with E-state index in [1.165, 1.54) is 19.3 Å². The molecule has 170 valence electrons. The number of hydrazone groups is 1. The fourth-order valence-corrected chi connectivity index (χ4v) is 7.00. The van der Waals surface area contributed by atoms with Gasteiger partial charge in [-0.05, 0) is 50.4 Å². The highest BCUT2D eigenvalue weighted by Gasteiger charge is 2.47. The maximum absolute atomic E-state index is 12.5. The van der Waals surface area contributed by atoms with Crippen molar-refractivity contribution in [3.63, 3.8) is 0 Å². The van der Waals surface area contributed by atoms with Crippen LogP contribution in [0.3, 0.4) is 0 Å². The number of carbonyl (C=O) groups excluding carboxylic acids is 1. The predicted molar refractivity (Wildman–Crippen MR) is 118 cm³/mol. The molecule has 30 heavy (non-hydrogen) atoms. The molecule has 4 aliphatic rings. The van der Waals surface area contributed by atoms with Gasteiger partial charge >= 0.3 is 0 Å². The third-order valence-corrected chi connectivity index (χ3v) is 8.70. The molecule has 0 bridgehead atoms. The first-order chi connectivity index (χ1) is 14.4. The maximum Gasteiger partial charge on any atom is 0.239 e. The van der Waals surface area contributed by atoms with Crippen molar-refractivity contribution in [3.8, 4) is 0 Å². The first-order valence-corrected chi connectivity index (χ1v) is 12.2. The average molecular weight is 440 g/mol. The molecule has 1 saturated heterocycles. The normalized spacial score (nSPS) is 44.5. The van der Waals surface area contributed by atoms with Crippen molar-refractivity contribution < 1.29 is 14.3 Å². The summed E-state index contributed by atoms with van der Waals surface area (Å²) in [6, 6.07) is 0.573. The van der Waals surface area contributed by atoms with Crippen molar-refractivity contribution in [2.24, 2.45) is 28.8 Å². The number of halogens is 1. The lowest BCUT2D eigenvalue weighted by Crippen LogP contribution is -2.58. The molecule has 6 nitrogen and oxygen atoms in total. The van der Waals surface area contributed by atoms with Crippen LogP contribution in [0.1, 0.15) is 65.2 Å². The van der Waals surface area contributed by atoms with Crippen molar-refractivity contribution in [1.82, 2.24) is 10.3 Å². The van der Waals surface area contributed by atoms with Crippen LogP contribution < -0.4 is 5.32 Å². The minimum absolute atomic E-state index is 0.0203. The number of hydrogen-bond acceptors (Lipinski definition) is 5. The number of fused-ring (bicyclic) bond motifs is 1. The Balaban J connectivity index is 1.48. The molecule has 2 heterocycles. The number of nitrogens with zero attached hydrogens (tertiary/aromatic N) is 2. The molecule has 2 aliphatic heterocycles. The molecule has 0 aromatic heterocycles. The van der Waals surface area contributed by atoms with Crippen LogP contribution in [0.4, 0.5) is 0 Å². The second kappa shape index (κ2) is 9.43. The fourth-order valence-electron chi connectivity index (χ4n) is 6.58. The van der Waals surface area contributed by atoms with Crippen molar-refractivity contribution in [3.05, 3.63) is 0 Å². The summed E-state index contributed by atoms with van der Waals surface area (Å²) in [4.78, 5) is 12.5. The van der Waals surface area contributed by atoms with E-state index in [1.54, 1.807) is 26.2 Å². The molecule has 1 amide bonds. The van der Waals surface area contributed by atoms with Gasteiger partial charge in [-0.25, -0.2) is 5.01 Å². The highest BCUT2D eigenvalue weighted by molar-refractivity contribution is 6.20. The van der Waals surface area contributed by atoms with E-state index in [9.17, 15) is 4.79 Å². The molecule has 3 fully saturated rings. The van der Waals surface area contributed by atoms with Crippen LogP contribution in [0.25, 0.3) is 0 Å². The smallest absolute Gasteiger partial charge is 0.239 e. The van der Waals surface area contributed by atoms with E-state index in [1.807, 2.05) is 0 Å². The molecule has 0 aromatic rings. The predicted octanol–water partition coefficient (Wildman–Crippen LogP) is 3.77. The molecule has 1 N–H and O–H groups in total. The van der Waals surface area contributed by atoms with E-state index in [4.69, 9.17) is 26.2 Å². The molecular formula is C23H38ClN3O3. The number of methoxy groups -OCH3 is 2. The van der Waals surface area contributed by atoms with Crippen molar-refractivity contribution in [1.29, 1.82) is 0 Å². The minimum atomic E-state index is -0.107. The van der Waals surface area contributed by atoms with Crippen molar-refractivity contribution in [2.75, 3.05) is 14.2 Å². The van der Waals surface area contributed by atoms with Crippen LogP contribution in [0.5, 0.6) is 0 Å². The molecule has 0 spiro atoms. The van der Waals surface area contributed by atoms with E-state index in [0.29, 0.717) is 23.8 Å². The van der Waals surface area contributed by atoms with Gasteiger partial charge in [0, 0.05) is 51.2 Å². The van der Waals surface area contributed by atoms with E-state index in [-0.39, 0.29) is 35.6 Å². The summed E-state index contributed by atoms with van der Waals surface area (Å²) in [6.07, 6.45) is 8.90.